The van der Waals surface area contributed by atoms with Crippen LogP contribution in [-0.2, 0) is 9.59 Å². The third-order valence-electron chi connectivity index (χ3n) is 0.421. The summed E-state index contributed by atoms with van der Waals surface area (Å²) in [6, 6.07) is 0. The molecule has 4 nitrogen and oxygen atoms in total. The van der Waals surface area contributed by atoms with E-state index in [1.54, 1.807) is 6.92 Å². The van der Waals surface area contributed by atoms with Gasteiger partial charge in [-0.1, -0.05) is 6.58 Å². The quantitative estimate of drug-likeness (QED) is 0.515. The maximum Gasteiger partial charge on any atom is 0.300 e. The van der Waals surface area contributed by atoms with Crippen LogP contribution in [0, 0.1) is 0 Å². The summed E-state index contributed by atoms with van der Waals surface area (Å²) in [5.74, 6) is -1.27. The molecular weight excluding hydrogens is 134 g/mol. The standard InChI is InChI=1S/C4H7NO.C2H4O2/c1-3(2)4(5)6;1-2(3)4/h1H2,2H3,(H2,5,6);1H3,(H,3,4). The highest BCUT2D eigenvalue weighted by molar-refractivity contribution is 5.90. The predicted octanol–water partition coefficient (Wildman–Crippen LogP) is 0.139. The molecule has 0 spiro atoms. The van der Waals surface area contributed by atoms with Crippen molar-refractivity contribution in [2.24, 2.45) is 5.73 Å². The molecule has 0 unspecified atom stereocenters. The van der Waals surface area contributed by atoms with Crippen molar-refractivity contribution in [1.29, 1.82) is 0 Å². The van der Waals surface area contributed by atoms with Crippen LogP contribution in [0.25, 0.3) is 0 Å². The first-order valence-corrected chi connectivity index (χ1v) is 2.52. The van der Waals surface area contributed by atoms with Crippen LogP contribution in [0.5, 0.6) is 0 Å². The second kappa shape index (κ2) is 5.81. The molecule has 0 saturated heterocycles. The van der Waals surface area contributed by atoms with Gasteiger partial charge in [-0.3, -0.25) is 9.59 Å². The van der Waals surface area contributed by atoms with Gasteiger partial charge in [0.1, 0.15) is 0 Å². The van der Waals surface area contributed by atoms with Gasteiger partial charge >= 0.3 is 0 Å². The van der Waals surface area contributed by atoms with Gasteiger partial charge < -0.3 is 10.8 Å². The first-order chi connectivity index (χ1) is 4.37. The van der Waals surface area contributed by atoms with Crippen LogP contribution in [0.3, 0.4) is 0 Å². The summed E-state index contributed by atoms with van der Waals surface area (Å²) < 4.78 is 0. The molecule has 3 N–H and O–H groups in total. The SMILES string of the molecule is C=C(C)C(N)=O.CC(=O)O. The molecule has 0 bridgehead atoms. The highest BCUT2D eigenvalue weighted by atomic mass is 16.4. The summed E-state index contributed by atoms with van der Waals surface area (Å²) in [6.07, 6.45) is 0. The Kier molecular flexibility index (Phi) is 6.67. The first-order valence-electron chi connectivity index (χ1n) is 2.52. The van der Waals surface area contributed by atoms with E-state index in [-0.39, 0.29) is 0 Å². The Morgan fingerprint density at radius 1 is 1.40 bits per heavy atom. The van der Waals surface area contributed by atoms with Gasteiger partial charge in [-0.05, 0) is 6.92 Å². The molecule has 4 heteroatoms. The van der Waals surface area contributed by atoms with Crippen molar-refractivity contribution in [2.75, 3.05) is 0 Å². The lowest BCUT2D eigenvalue weighted by Gasteiger charge is -1.81. The number of carboxylic acids is 1. The average Bonchev–Trinajstić information content (AvgIpc) is 1.63. The van der Waals surface area contributed by atoms with E-state index in [2.05, 4.69) is 6.58 Å². The molecule has 0 aromatic heterocycles. The summed E-state index contributed by atoms with van der Waals surface area (Å²) in [5.41, 5.74) is 5.09. The Labute approximate surface area is 59.3 Å². The third kappa shape index (κ3) is 30.0. The van der Waals surface area contributed by atoms with E-state index in [0.29, 0.717) is 5.57 Å². The summed E-state index contributed by atoms with van der Waals surface area (Å²) in [7, 11) is 0. The molecule has 0 aliphatic carbocycles. The van der Waals surface area contributed by atoms with Crippen molar-refractivity contribution >= 4 is 11.9 Å². The maximum absolute atomic E-state index is 9.82. The molecule has 0 fully saturated rings. The minimum atomic E-state index is -0.833. The summed E-state index contributed by atoms with van der Waals surface area (Å²) in [6.45, 7) is 5.94. The Bertz CT molecular complexity index is 135. The fourth-order valence-corrected chi connectivity index (χ4v) is 0. The second-order valence-electron chi connectivity index (χ2n) is 1.66. The van der Waals surface area contributed by atoms with Gasteiger partial charge in [-0.25, -0.2) is 0 Å². The molecule has 0 heterocycles. The van der Waals surface area contributed by atoms with Crippen molar-refractivity contribution in [3.05, 3.63) is 12.2 Å². The predicted molar refractivity (Wildman–Crippen MR) is 37.3 cm³/mol. The Morgan fingerprint density at radius 2 is 1.50 bits per heavy atom. The zero-order valence-corrected chi connectivity index (χ0v) is 6.05. The van der Waals surface area contributed by atoms with Crippen LogP contribution in [0.2, 0.25) is 0 Å². The van der Waals surface area contributed by atoms with E-state index in [9.17, 15) is 4.79 Å². The van der Waals surface area contributed by atoms with Crippen LogP contribution < -0.4 is 5.73 Å². The first kappa shape index (κ1) is 11.5. The van der Waals surface area contributed by atoms with E-state index in [0.717, 1.165) is 6.92 Å². The molecule has 0 aliphatic heterocycles. The zero-order valence-electron chi connectivity index (χ0n) is 6.05. The fraction of sp³-hybridized carbons (Fsp3) is 0.333. The van der Waals surface area contributed by atoms with Crippen molar-refractivity contribution < 1.29 is 14.7 Å². The van der Waals surface area contributed by atoms with E-state index in [1.807, 2.05) is 0 Å². The van der Waals surface area contributed by atoms with Gasteiger partial charge in [-0.2, -0.15) is 0 Å². The van der Waals surface area contributed by atoms with Crippen molar-refractivity contribution in [3.63, 3.8) is 0 Å². The van der Waals surface area contributed by atoms with Crippen LogP contribution in [0.15, 0.2) is 12.2 Å². The molecule has 0 rings (SSSR count). The van der Waals surface area contributed by atoms with E-state index >= 15 is 0 Å². The largest absolute Gasteiger partial charge is 0.481 e. The lowest BCUT2D eigenvalue weighted by Crippen LogP contribution is -2.10. The normalized spacial score (nSPS) is 7.00. The van der Waals surface area contributed by atoms with Crippen LogP contribution in [0.1, 0.15) is 13.8 Å². The average molecular weight is 145 g/mol. The zero-order chi connectivity index (χ0) is 8.73. The topological polar surface area (TPSA) is 80.4 Å². The van der Waals surface area contributed by atoms with E-state index in [4.69, 9.17) is 15.6 Å². The van der Waals surface area contributed by atoms with Gasteiger partial charge in [0.2, 0.25) is 5.91 Å². The number of hydrogen-bond donors (Lipinski definition) is 2. The van der Waals surface area contributed by atoms with Crippen molar-refractivity contribution in [3.8, 4) is 0 Å². The second-order valence-corrected chi connectivity index (χ2v) is 1.66. The third-order valence-corrected chi connectivity index (χ3v) is 0.421. The number of amides is 1. The lowest BCUT2D eigenvalue weighted by molar-refractivity contribution is -0.134. The molecule has 0 radical (unpaired) electrons. The molecule has 10 heavy (non-hydrogen) atoms. The summed E-state index contributed by atoms with van der Waals surface area (Å²) in [5, 5.41) is 7.42. The van der Waals surface area contributed by atoms with E-state index in [1.165, 1.54) is 0 Å². The monoisotopic (exact) mass is 145 g/mol. The number of primary amides is 1. The van der Waals surface area contributed by atoms with Gasteiger partial charge in [0.25, 0.3) is 5.97 Å². The number of carboxylic acid groups (broad SMARTS) is 1. The van der Waals surface area contributed by atoms with Crippen molar-refractivity contribution in [1.82, 2.24) is 0 Å². The van der Waals surface area contributed by atoms with Gasteiger partial charge in [-0.15, -0.1) is 0 Å². The van der Waals surface area contributed by atoms with Crippen LogP contribution in [-0.4, -0.2) is 17.0 Å². The van der Waals surface area contributed by atoms with Crippen LogP contribution in [0.4, 0.5) is 0 Å². The Balaban J connectivity index is 0. The maximum atomic E-state index is 9.82. The Morgan fingerprint density at radius 3 is 1.50 bits per heavy atom. The molecular formula is C6H11NO3. The lowest BCUT2D eigenvalue weighted by atomic mass is 10.3. The highest BCUT2D eigenvalue weighted by Crippen LogP contribution is 1.78. The fourth-order valence-electron chi connectivity index (χ4n) is 0. The van der Waals surface area contributed by atoms with Gasteiger partial charge in [0, 0.05) is 12.5 Å². The number of carbonyl (C=O) groups is 2. The number of nitrogens with two attached hydrogens (primary N) is 1. The minimum absolute atomic E-state index is 0.398. The van der Waals surface area contributed by atoms with Crippen LogP contribution >= 0.6 is 0 Å². The highest BCUT2D eigenvalue weighted by Gasteiger charge is 1.86. The molecule has 0 saturated carbocycles. The molecule has 0 aliphatic rings. The molecule has 0 atom stereocenters. The summed E-state index contributed by atoms with van der Waals surface area (Å²) in [4.78, 5) is 18.8. The molecule has 0 aromatic carbocycles. The van der Waals surface area contributed by atoms with Gasteiger partial charge in [0.05, 0.1) is 0 Å². The minimum Gasteiger partial charge on any atom is -0.481 e. The van der Waals surface area contributed by atoms with Gasteiger partial charge in [0.15, 0.2) is 0 Å². The van der Waals surface area contributed by atoms with E-state index < -0.39 is 11.9 Å². The number of rotatable bonds is 1. The summed E-state index contributed by atoms with van der Waals surface area (Å²) >= 11 is 0. The number of carbonyl (C=O) groups excluding carboxylic acids is 1. The molecule has 58 valence electrons. The Hall–Kier alpha value is -1.32. The van der Waals surface area contributed by atoms with Crippen molar-refractivity contribution in [2.45, 2.75) is 13.8 Å². The number of hydrogen-bond acceptors (Lipinski definition) is 2. The molecule has 0 aromatic rings. The molecule has 1 amide bonds. The smallest absolute Gasteiger partial charge is 0.300 e. The number of aliphatic carboxylic acids is 1.